The molecule has 0 aliphatic rings. The van der Waals surface area contributed by atoms with Crippen LogP contribution in [0.15, 0.2) is 46.0 Å². The number of sulfone groups is 1. The van der Waals surface area contributed by atoms with Crippen LogP contribution >= 0.6 is 15.9 Å². The minimum absolute atomic E-state index is 0.0196. The monoisotopic (exact) mass is 344 g/mol. The van der Waals surface area contributed by atoms with Gasteiger partial charge in [0.1, 0.15) is 5.82 Å². The number of hydrogen-bond donors (Lipinski definition) is 1. The number of rotatable bonds is 3. The van der Waals surface area contributed by atoms with Gasteiger partial charge in [0.15, 0.2) is 9.84 Å². The Bertz CT molecular complexity index is 719. The Morgan fingerprint density at radius 1 is 1.26 bits per heavy atom. The third kappa shape index (κ3) is 3.30. The third-order valence-electron chi connectivity index (χ3n) is 2.43. The molecule has 2 N–H and O–H groups in total. The van der Waals surface area contributed by atoms with E-state index in [0.717, 1.165) is 12.3 Å². The molecule has 0 aliphatic heterocycles. The number of halogens is 2. The summed E-state index contributed by atoms with van der Waals surface area (Å²) in [5.74, 6) is -0.923. The average molecular weight is 345 g/mol. The molecule has 0 atom stereocenters. The third-order valence-corrected chi connectivity index (χ3v) is 4.66. The molecule has 0 aliphatic carbocycles. The Kier molecular flexibility index (Phi) is 3.86. The summed E-state index contributed by atoms with van der Waals surface area (Å²) in [7, 11) is -3.64. The summed E-state index contributed by atoms with van der Waals surface area (Å²) in [6.45, 7) is 0. The molecular weight excluding hydrogens is 335 g/mol. The van der Waals surface area contributed by atoms with Crippen LogP contribution in [0.5, 0.6) is 0 Å². The van der Waals surface area contributed by atoms with Crippen LogP contribution < -0.4 is 5.73 Å². The van der Waals surface area contributed by atoms with Crippen LogP contribution in [-0.2, 0) is 15.6 Å². The first-order chi connectivity index (χ1) is 8.88. The van der Waals surface area contributed by atoms with Crippen molar-refractivity contribution in [2.24, 2.45) is 0 Å². The lowest BCUT2D eigenvalue weighted by Crippen LogP contribution is -2.08. The van der Waals surface area contributed by atoms with Gasteiger partial charge in [0.25, 0.3) is 0 Å². The van der Waals surface area contributed by atoms with Crippen molar-refractivity contribution in [2.75, 3.05) is 5.73 Å². The summed E-state index contributed by atoms with van der Waals surface area (Å²) in [4.78, 5) is 3.64. The molecule has 0 saturated heterocycles. The van der Waals surface area contributed by atoms with Gasteiger partial charge in [-0.3, -0.25) is 4.98 Å². The lowest BCUT2D eigenvalue weighted by molar-refractivity contribution is 0.594. The fourth-order valence-corrected chi connectivity index (χ4v) is 3.61. The van der Waals surface area contributed by atoms with Gasteiger partial charge in [0, 0.05) is 10.7 Å². The molecule has 0 spiro atoms. The number of benzene rings is 1. The topological polar surface area (TPSA) is 73.1 Å². The second kappa shape index (κ2) is 5.26. The number of pyridine rings is 1. The number of aromatic nitrogens is 1. The molecule has 0 bridgehead atoms. The van der Waals surface area contributed by atoms with Crippen LogP contribution in [0.3, 0.4) is 0 Å². The van der Waals surface area contributed by atoms with Crippen molar-refractivity contribution in [3.8, 4) is 0 Å². The maximum absolute atomic E-state index is 13.0. The van der Waals surface area contributed by atoms with Crippen LogP contribution in [0.1, 0.15) is 5.56 Å². The zero-order valence-electron chi connectivity index (χ0n) is 9.68. The van der Waals surface area contributed by atoms with Crippen molar-refractivity contribution in [3.05, 3.63) is 52.5 Å². The Labute approximate surface area is 118 Å². The average Bonchev–Trinajstić information content (AvgIpc) is 2.31. The van der Waals surface area contributed by atoms with E-state index in [0.29, 0.717) is 4.47 Å². The van der Waals surface area contributed by atoms with Crippen LogP contribution in [0.4, 0.5) is 10.1 Å². The minimum atomic E-state index is -3.64. The van der Waals surface area contributed by atoms with E-state index in [-0.39, 0.29) is 21.9 Å². The molecule has 19 heavy (non-hydrogen) atoms. The molecule has 0 unspecified atom stereocenters. The van der Waals surface area contributed by atoms with E-state index in [1.165, 1.54) is 18.3 Å². The minimum Gasteiger partial charge on any atom is -0.398 e. The van der Waals surface area contributed by atoms with Gasteiger partial charge in [-0.15, -0.1) is 0 Å². The zero-order chi connectivity index (χ0) is 14.0. The fourth-order valence-electron chi connectivity index (χ4n) is 1.61. The summed E-state index contributed by atoms with van der Waals surface area (Å²) in [5, 5.41) is 0. The second-order valence-electron chi connectivity index (χ2n) is 3.95. The largest absolute Gasteiger partial charge is 0.398 e. The molecule has 0 radical (unpaired) electrons. The van der Waals surface area contributed by atoms with E-state index in [1.807, 2.05) is 0 Å². The fraction of sp³-hybridized carbons (Fsp3) is 0.0833. The molecule has 0 fully saturated rings. The van der Waals surface area contributed by atoms with Crippen molar-refractivity contribution < 1.29 is 12.8 Å². The molecule has 2 rings (SSSR count). The van der Waals surface area contributed by atoms with Gasteiger partial charge >= 0.3 is 0 Å². The highest BCUT2D eigenvalue weighted by molar-refractivity contribution is 9.10. The predicted molar refractivity (Wildman–Crippen MR) is 73.6 cm³/mol. The van der Waals surface area contributed by atoms with Crippen molar-refractivity contribution in [3.63, 3.8) is 0 Å². The van der Waals surface area contributed by atoms with Crippen molar-refractivity contribution in [1.82, 2.24) is 4.98 Å². The predicted octanol–water partition coefficient (Wildman–Crippen LogP) is 2.54. The van der Waals surface area contributed by atoms with Crippen molar-refractivity contribution >= 4 is 31.5 Å². The van der Waals surface area contributed by atoms with Gasteiger partial charge in [-0.2, -0.15) is 0 Å². The summed E-state index contributed by atoms with van der Waals surface area (Å²) in [5.41, 5.74) is 6.11. The first-order valence-corrected chi connectivity index (χ1v) is 7.70. The van der Waals surface area contributed by atoms with Gasteiger partial charge in [-0.25, -0.2) is 12.8 Å². The zero-order valence-corrected chi connectivity index (χ0v) is 12.1. The Morgan fingerprint density at radius 3 is 2.68 bits per heavy atom. The first kappa shape index (κ1) is 14.0. The number of nitrogen functional groups attached to an aromatic ring is 1. The second-order valence-corrected chi connectivity index (χ2v) is 6.83. The van der Waals surface area contributed by atoms with E-state index >= 15 is 0 Å². The lowest BCUT2D eigenvalue weighted by atomic mass is 10.3. The molecule has 4 nitrogen and oxygen atoms in total. The van der Waals surface area contributed by atoms with E-state index in [9.17, 15) is 12.8 Å². The Morgan fingerprint density at radius 2 is 2.00 bits per heavy atom. The van der Waals surface area contributed by atoms with Gasteiger partial charge in [-0.1, -0.05) is 15.9 Å². The molecule has 100 valence electrons. The number of nitrogens with zero attached hydrogens (tertiary/aromatic N) is 1. The first-order valence-electron chi connectivity index (χ1n) is 5.26. The van der Waals surface area contributed by atoms with Crippen LogP contribution in [0.25, 0.3) is 0 Å². The highest BCUT2D eigenvalue weighted by Crippen LogP contribution is 2.26. The molecule has 7 heteroatoms. The summed E-state index contributed by atoms with van der Waals surface area (Å²) in [6.07, 6.45) is 2.33. The molecule has 2 aromatic rings. The maximum Gasteiger partial charge on any atom is 0.184 e. The standard InChI is InChI=1S/C12H10BrFN2O2S/c13-9-1-2-11(15)12(4-9)19(17,18)7-8-3-10(14)6-16-5-8/h1-6H,7,15H2. The van der Waals surface area contributed by atoms with Gasteiger partial charge in [0.2, 0.25) is 0 Å². The quantitative estimate of drug-likeness (QED) is 0.868. The van der Waals surface area contributed by atoms with Crippen LogP contribution in [-0.4, -0.2) is 13.4 Å². The van der Waals surface area contributed by atoms with Gasteiger partial charge < -0.3 is 5.73 Å². The lowest BCUT2D eigenvalue weighted by Gasteiger charge is -2.08. The van der Waals surface area contributed by atoms with E-state index in [1.54, 1.807) is 6.07 Å². The van der Waals surface area contributed by atoms with Gasteiger partial charge in [0.05, 0.1) is 22.5 Å². The normalized spacial score (nSPS) is 11.5. The smallest absolute Gasteiger partial charge is 0.184 e. The maximum atomic E-state index is 13.0. The number of anilines is 1. The SMILES string of the molecule is Nc1ccc(Br)cc1S(=O)(=O)Cc1cncc(F)c1. The molecule has 0 saturated carbocycles. The van der Waals surface area contributed by atoms with Crippen LogP contribution in [0, 0.1) is 5.82 Å². The highest BCUT2D eigenvalue weighted by Gasteiger charge is 2.19. The summed E-state index contributed by atoms with van der Waals surface area (Å²) >= 11 is 3.19. The Hall–Kier alpha value is -1.47. The molecule has 0 amide bonds. The van der Waals surface area contributed by atoms with Gasteiger partial charge in [-0.05, 0) is 29.8 Å². The van der Waals surface area contributed by atoms with Crippen molar-refractivity contribution in [2.45, 2.75) is 10.6 Å². The highest BCUT2D eigenvalue weighted by atomic mass is 79.9. The number of hydrogen-bond acceptors (Lipinski definition) is 4. The van der Waals surface area contributed by atoms with Crippen LogP contribution in [0.2, 0.25) is 0 Å². The van der Waals surface area contributed by atoms with E-state index in [2.05, 4.69) is 20.9 Å². The number of nitrogens with two attached hydrogens (primary N) is 1. The van der Waals surface area contributed by atoms with Crippen molar-refractivity contribution in [1.29, 1.82) is 0 Å². The molecule has 1 heterocycles. The molecule has 1 aromatic carbocycles. The van der Waals surface area contributed by atoms with E-state index < -0.39 is 15.7 Å². The molecular formula is C12H10BrFN2O2S. The molecule has 1 aromatic heterocycles. The summed E-state index contributed by atoms with van der Waals surface area (Å²) < 4.78 is 38.1. The Balaban J connectivity index is 2.40. The van der Waals surface area contributed by atoms with E-state index in [4.69, 9.17) is 5.73 Å². The summed E-state index contributed by atoms with van der Waals surface area (Å²) in [6, 6.07) is 5.72.